The molecular weight excluding hydrogens is 396 g/mol. The molecule has 0 aliphatic carbocycles. The lowest BCUT2D eigenvalue weighted by atomic mass is 10.1. The number of thioether (sulfide) groups is 1. The summed E-state index contributed by atoms with van der Waals surface area (Å²) in [6.45, 7) is 4.38. The van der Waals surface area contributed by atoms with Crippen molar-refractivity contribution < 1.29 is 0 Å². The van der Waals surface area contributed by atoms with Crippen LogP contribution >= 0.6 is 11.8 Å². The first-order chi connectivity index (χ1) is 14.8. The van der Waals surface area contributed by atoms with E-state index in [0.29, 0.717) is 6.54 Å². The number of aromatic nitrogens is 7. The Morgan fingerprint density at radius 1 is 0.967 bits per heavy atom. The van der Waals surface area contributed by atoms with Gasteiger partial charge < -0.3 is 5.32 Å². The van der Waals surface area contributed by atoms with Crippen LogP contribution in [0.25, 0.3) is 16.9 Å². The summed E-state index contributed by atoms with van der Waals surface area (Å²) < 4.78 is 1.77. The van der Waals surface area contributed by atoms with Gasteiger partial charge in [-0.1, -0.05) is 60.3 Å². The molecule has 2 aromatic heterocycles. The zero-order valence-corrected chi connectivity index (χ0v) is 17.7. The van der Waals surface area contributed by atoms with Gasteiger partial charge in [0, 0.05) is 17.9 Å². The van der Waals surface area contributed by atoms with E-state index in [9.17, 15) is 0 Å². The quantitative estimate of drug-likeness (QED) is 0.311. The zero-order chi connectivity index (χ0) is 20.6. The molecule has 30 heavy (non-hydrogen) atoms. The van der Waals surface area contributed by atoms with E-state index in [-0.39, 0.29) is 0 Å². The lowest BCUT2D eigenvalue weighted by molar-refractivity contribution is 0.557. The average Bonchev–Trinajstić information content (AvgIpc) is 3.44. The maximum atomic E-state index is 4.62. The van der Waals surface area contributed by atoms with Crippen molar-refractivity contribution in [1.29, 1.82) is 0 Å². The standard InChI is InChI=1S/C21H24N8S/c1-2-28-24-19(20(25-28)17-10-5-3-6-11-17)16-22-14-9-15-30-21-23-26-27-29(21)18-12-7-4-8-13-18/h3-8,10-13,22H,2,9,14-16H2,1H3. The average molecular weight is 421 g/mol. The van der Waals surface area contributed by atoms with Crippen molar-refractivity contribution in [1.82, 2.24) is 40.5 Å². The largest absolute Gasteiger partial charge is 0.311 e. The summed E-state index contributed by atoms with van der Waals surface area (Å²) in [4.78, 5) is 1.75. The lowest BCUT2D eigenvalue weighted by Gasteiger charge is -2.05. The van der Waals surface area contributed by atoms with Crippen molar-refractivity contribution in [3.63, 3.8) is 0 Å². The monoisotopic (exact) mass is 420 g/mol. The predicted octanol–water partition coefficient (Wildman–Crippen LogP) is 3.21. The van der Waals surface area contributed by atoms with Crippen LogP contribution in [0.4, 0.5) is 0 Å². The maximum absolute atomic E-state index is 4.62. The molecule has 0 aliphatic rings. The number of nitrogens with one attached hydrogen (secondary N) is 1. The van der Waals surface area contributed by atoms with Crippen molar-refractivity contribution in [2.24, 2.45) is 0 Å². The Kier molecular flexibility index (Phi) is 6.83. The van der Waals surface area contributed by atoms with Gasteiger partial charge in [-0.3, -0.25) is 0 Å². The summed E-state index contributed by atoms with van der Waals surface area (Å²) in [7, 11) is 0. The number of aryl methyl sites for hydroxylation is 1. The second-order valence-electron chi connectivity index (χ2n) is 6.64. The van der Waals surface area contributed by atoms with Gasteiger partial charge in [0.15, 0.2) is 0 Å². The van der Waals surface area contributed by atoms with Crippen LogP contribution in [-0.2, 0) is 13.1 Å². The Hall–Kier alpha value is -3.04. The maximum Gasteiger partial charge on any atom is 0.214 e. The van der Waals surface area contributed by atoms with Crippen molar-refractivity contribution in [2.75, 3.05) is 12.3 Å². The third kappa shape index (κ3) is 4.92. The van der Waals surface area contributed by atoms with Gasteiger partial charge in [-0.25, -0.2) is 0 Å². The molecule has 4 rings (SSSR count). The minimum Gasteiger partial charge on any atom is -0.311 e. The Morgan fingerprint density at radius 2 is 1.73 bits per heavy atom. The zero-order valence-electron chi connectivity index (χ0n) is 16.8. The molecule has 0 bridgehead atoms. The van der Waals surface area contributed by atoms with Crippen molar-refractivity contribution in [3.8, 4) is 16.9 Å². The second kappa shape index (κ2) is 10.1. The summed E-state index contributed by atoms with van der Waals surface area (Å²) >= 11 is 1.66. The summed E-state index contributed by atoms with van der Waals surface area (Å²) in [5.74, 6) is 0.924. The van der Waals surface area contributed by atoms with Gasteiger partial charge in [0.2, 0.25) is 5.16 Å². The van der Waals surface area contributed by atoms with E-state index in [0.717, 1.165) is 53.1 Å². The second-order valence-corrected chi connectivity index (χ2v) is 7.70. The van der Waals surface area contributed by atoms with E-state index >= 15 is 0 Å². The molecule has 0 saturated heterocycles. The number of rotatable bonds is 10. The molecule has 0 atom stereocenters. The van der Waals surface area contributed by atoms with Crippen LogP contribution in [0, 0.1) is 0 Å². The third-order valence-electron chi connectivity index (χ3n) is 4.52. The van der Waals surface area contributed by atoms with Crippen molar-refractivity contribution >= 4 is 11.8 Å². The highest BCUT2D eigenvalue weighted by Gasteiger charge is 2.12. The molecule has 2 aromatic carbocycles. The van der Waals surface area contributed by atoms with Crippen LogP contribution in [-0.4, -0.2) is 47.5 Å². The highest BCUT2D eigenvalue weighted by molar-refractivity contribution is 7.99. The Labute approximate surface area is 179 Å². The lowest BCUT2D eigenvalue weighted by Crippen LogP contribution is -2.16. The highest BCUT2D eigenvalue weighted by Crippen LogP contribution is 2.20. The van der Waals surface area contributed by atoms with Crippen molar-refractivity contribution in [3.05, 3.63) is 66.4 Å². The van der Waals surface area contributed by atoms with Gasteiger partial charge in [-0.2, -0.15) is 19.7 Å². The molecule has 8 nitrogen and oxygen atoms in total. The number of nitrogens with zero attached hydrogens (tertiary/aromatic N) is 7. The minimum absolute atomic E-state index is 0.691. The fraction of sp³-hybridized carbons (Fsp3) is 0.286. The molecule has 4 aromatic rings. The van der Waals surface area contributed by atoms with Crippen LogP contribution in [0.15, 0.2) is 65.8 Å². The topological polar surface area (TPSA) is 86.3 Å². The Morgan fingerprint density at radius 3 is 2.50 bits per heavy atom. The number of benzene rings is 2. The van der Waals surface area contributed by atoms with E-state index in [4.69, 9.17) is 0 Å². The molecule has 0 fully saturated rings. The van der Waals surface area contributed by atoms with Gasteiger partial charge in [-0.15, -0.1) is 5.10 Å². The Balaban J connectivity index is 1.27. The number of tetrazole rings is 1. The number of hydrogen-bond acceptors (Lipinski definition) is 7. The summed E-state index contributed by atoms with van der Waals surface area (Å²) in [5.41, 5.74) is 3.98. The van der Waals surface area contributed by atoms with E-state index in [1.54, 1.807) is 21.2 Å². The first kappa shape index (κ1) is 20.2. The van der Waals surface area contributed by atoms with Crippen LogP contribution < -0.4 is 5.32 Å². The summed E-state index contributed by atoms with van der Waals surface area (Å²) in [6, 6.07) is 20.1. The molecule has 0 aliphatic heterocycles. The van der Waals surface area contributed by atoms with Gasteiger partial charge in [0.25, 0.3) is 0 Å². The fourth-order valence-corrected chi connectivity index (χ4v) is 3.86. The molecule has 9 heteroatoms. The molecule has 0 spiro atoms. The first-order valence-electron chi connectivity index (χ1n) is 10.0. The predicted molar refractivity (Wildman–Crippen MR) is 117 cm³/mol. The number of hydrogen-bond donors (Lipinski definition) is 1. The van der Waals surface area contributed by atoms with Crippen molar-refractivity contribution in [2.45, 2.75) is 31.6 Å². The van der Waals surface area contributed by atoms with Gasteiger partial charge >= 0.3 is 0 Å². The normalized spacial score (nSPS) is 11.1. The van der Waals surface area contributed by atoms with Crippen LogP contribution in [0.5, 0.6) is 0 Å². The molecule has 0 unspecified atom stereocenters. The van der Waals surface area contributed by atoms with Gasteiger partial charge in [0.05, 0.1) is 12.2 Å². The van der Waals surface area contributed by atoms with E-state index in [1.807, 2.05) is 55.5 Å². The molecule has 0 amide bonds. The summed E-state index contributed by atoms with van der Waals surface area (Å²) in [6.07, 6.45) is 0.995. The molecule has 0 saturated carbocycles. The molecule has 154 valence electrons. The molecule has 2 heterocycles. The smallest absolute Gasteiger partial charge is 0.214 e. The molecular formula is C21H24N8S. The molecule has 0 radical (unpaired) electrons. The Bertz CT molecular complexity index is 1050. The van der Waals surface area contributed by atoms with Gasteiger partial charge in [0.1, 0.15) is 11.4 Å². The minimum atomic E-state index is 0.691. The summed E-state index contributed by atoms with van der Waals surface area (Å²) in [5, 5.41) is 25.6. The third-order valence-corrected chi connectivity index (χ3v) is 5.52. The molecule has 1 N–H and O–H groups in total. The highest BCUT2D eigenvalue weighted by atomic mass is 32.2. The van der Waals surface area contributed by atoms with Crippen LogP contribution in [0.1, 0.15) is 19.0 Å². The van der Waals surface area contributed by atoms with E-state index in [2.05, 4.69) is 43.2 Å². The first-order valence-corrected chi connectivity index (χ1v) is 11.0. The van der Waals surface area contributed by atoms with Gasteiger partial charge in [-0.05, 0) is 42.4 Å². The number of para-hydroxylation sites is 1. The van der Waals surface area contributed by atoms with Crippen LogP contribution in [0.2, 0.25) is 0 Å². The van der Waals surface area contributed by atoms with E-state index < -0.39 is 0 Å². The SMILES string of the molecule is CCn1nc(CNCCCSc2nnnn2-c2ccccc2)c(-c2ccccc2)n1. The van der Waals surface area contributed by atoms with E-state index in [1.165, 1.54) is 0 Å². The fourth-order valence-electron chi connectivity index (χ4n) is 3.03. The van der Waals surface area contributed by atoms with Crippen LogP contribution in [0.3, 0.4) is 0 Å².